The highest BCUT2D eigenvalue weighted by Crippen LogP contribution is 2.29. The number of hydrogen-bond acceptors (Lipinski definition) is 6. The number of pyridine rings is 1. The zero-order chi connectivity index (χ0) is 16.1. The van der Waals surface area contributed by atoms with Crippen LogP contribution in [-0.4, -0.2) is 23.8 Å². The van der Waals surface area contributed by atoms with Crippen molar-refractivity contribution in [1.29, 1.82) is 0 Å². The van der Waals surface area contributed by atoms with Crippen molar-refractivity contribution >= 4 is 39.5 Å². The average Bonchev–Trinajstić information content (AvgIpc) is 3.05. The highest BCUT2D eigenvalue weighted by Gasteiger charge is 2.12. The summed E-state index contributed by atoms with van der Waals surface area (Å²) in [5.74, 6) is 0.0826. The number of carbonyl (C=O) groups is 2. The van der Waals surface area contributed by atoms with Gasteiger partial charge in [-0.1, -0.05) is 6.07 Å². The first-order chi connectivity index (χ1) is 11.3. The lowest BCUT2D eigenvalue weighted by molar-refractivity contribution is -0.107. The van der Waals surface area contributed by atoms with Gasteiger partial charge in [-0.25, -0.2) is 4.79 Å². The lowest BCUT2D eigenvalue weighted by Gasteiger charge is -2.08. The molecule has 0 amide bonds. The van der Waals surface area contributed by atoms with Crippen LogP contribution in [0, 0.1) is 0 Å². The number of aldehydes is 1. The van der Waals surface area contributed by atoms with Gasteiger partial charge in [0.15, 0.2) is 5.75 Å². The maximum absolute atomic E-state index is 12.3. The fourth-order valence-corrected chi connectivity index (χ4v) is 2.92. The molecule has 0 aliphatic carbocycles. The molecule has 23 heavy (non-hydrogen) atoms. The zero-order valence-corrected chi connectivity index (χ0v) is 13.0. The van der Waals surface area contributed by atoms with Crippen molar-refractivity contribution in [2.75, 3.05) is 11.9 Å². The van der Waals surface area contributed by atoms with E-state index in [0.29, 0.717) is 24.3 Å². The van der Waals surface area contributed by atoms with Crippen LogP contribution in [-0.2, 0) is 4.79 Å². The van der Waals surface area contributed by atoms with Gasteiger partial charge in [0, 0.05) is 30.9 Å². The van der Waals surface area contributed by atoms with Gasteiger partial charge in [0.05, 0.1) is 15.8 Å². The molecule has 2 aromatic heterocycles. The first kappa shape index (κ1) is 15.2. The molecule has 3 rings (SSSR count). The Kier molecular flexibility index (Phi) is 4.63. The van der Waals surface area contributed by atoms with Crippen LogP contribution < -0.4 is 10.1 Å². The van der Waals surface area contributed by atoms with Crippen molar-refractivity contribution in [2.24, 2.45) is 0 Å². The van der Waals surface area contributed by atoms with Crippen molar-refractivity contribution in [1.82, 2.24) is 4.98 Å². The predicted octanol–water partition coefficient (Wildman–Crippen LogP) is 3.52. The van der Waals surface area contributed by atoms with Crippen LogP contribution in [0.4, 0.5) is 5.69 Å². The number of ether oxygens (including phenoxy) is 1. The van der Waals surface area contributed by atoms with Crippen LogP contribution in [0.1, 0.15) is 16.8 Å². The Balaban J connectivity index is 1.76. The van der Waals surface area contributed by atoms with Crippen LogP contribution in [0.25, 0.3) is 10.2 Å². The van der Waals surface area contributed by atoms with E-state index in [-0.39, 0.29) is 0 Å². The first-order valence-corrected chi connectivity index (χ1v) is 7.98. The highest BCUT2D eigenvalue weighted by atomic mass is 32.1. The van der Waals surface area contributed by atoms with Crippen LogP contribution >= 0.6 is 11.3 Å². The van der Waals surface area contributed by atoms with E-state index in [1.165, 1.54) is 11.3 Å². The minimum Gasteiger partial charge on any atom is -0.421 e. The maximum Gasteiger partial charge on any atom is 0.343 e. The second kappa shape index (κ2) is 7.02. The smallest absolute Gasteiger partial charge is 0.343 e. The summed E-state index contributed by atoms with van der Waals surface area (Å²) < 4.78 is 6.35. The van der Waals surface area contributed by atoms with Gasteiger partial charge in [-0.05, 0) is 29.6 Å². The number of nitrogens with one attached hydrogen (secondary N) is 1. The molecule has 0 atom stereocenters. The Morgan fingerprint density at radius 2 is 2.22 bits per heavy atom. The Morgan fingerprint density at radius 3 is 3.09 bits per heavy atom. The molecule has 6 heteroatoms. The molecule has 1 aromatic carbocycles. The fourth-order valence-electron chi connectivity index (χ4n) is 2.12. The quantitative estimate of drug-likeness (QED) is 0.426. The lowest BCUT2D eigenvalue weighted by atomic mass is 10.2. The normalized spacial score (nSPS) is 10.4. The van der Waals surface area contributed by atoms with Crippen LogP contribution in [0.2, 0.25) is 0 Å². The molecular weight excluding hydrogens is 312 g/mol. The van der Waals surface area contributed by atoms with Crippen molar-refractivity contribution in [3.8, 4) is 5.75 Å². The van der Waals surface area contributed by atoms with Crippen LogP contribution in [0.15, 0.2) is 48.0 Å². The summed E-state index contributed by atoms with van der Waals surface area (Å²) >= 11 is 1.48. The molecule has 0 spiro atoms. The number of nitrogens with zero attached hydrogens (tertiary/aromatic N) is 1. The minimum absolute atomic E-state index is 0.419. The van der Waals surface area contributed by atoms with Crippen LogP contribution in [0.3, 0.4) is 0 Å². The summed E-state index contributed by atoms with van der Waals surface area (Å²) in [6.07, 6.45) is 2.89. The largest absolute Gasteiger partial charge is 0.421 e. The van der Waals surface area contributed by atoms with Crippen molar-refractivity contribution in [3.05, 3.63) is 53.5 Å². The second-order valence-corrected chi connectivity index (χ2v) is 5.71. The van der Waals surface area contributed by atoms with E-state index in [1.807, 2.05) is 17.5 Å². The summed E-state index contributed by atoms with van der Waals surface area (Å²) in [4.78, 5) is 26.9. The van der Waals surface area contributed by atoms with E-state index >= 15 is 0 Å². The molecular formula is C17H14N2O3S. The average molecular weight is 326 g/mol. The van der Waals surface area contributed by atoms with E-state index in [1.54, 1.807) is 30.5 Å². The van der Waals surface area contributed by atoms with Gasteiger partial charge >= 0.3 is 5.97 Å². The van der Waals surface area contributed by atoms with Gasteiger partial charge in [0.1, 0.15) is 6.29 Å². The van der Waals surface area contributed by atoms with Gasteiger partial charge in [-0.15, -0.1) is 11.3 Å². The molecule has 2 heterocycles. The summed E-state index contributed by atoms with van der Waals surface area (Å²) in [7, 11) is 0. The third-order valence-corrected chi connectivity index (χ3v) is 4.12. The highest BCUT2D eigenvalue weighted by molar-refractivity contribution is 7.17. The Labute approximate surface area is 136 Å². The Hall–Kier alpha value is -2.73. The van der Waals surface area contributed by atoms with E-state index in [9.17, 15) is 9.59 Å². The molecule has 0 bridgehead atoms. The molecule has 0 saturated heterocycles. The maximum atomic E-state index is 12.3. The summed E-state index contributed by atoms with van der Waals surface area (Å²) in [6, 6.07) is 10.6. The molecule has 0 fully saturated rings. The standard InChI is InChI=1S/C17H14N2O3S/c20-9-2-7-18-13-4-1-3-12(11-13)17(21)22-15-5-8-19-14-6-10-23-16(14)15/h1,3-6,8-11,18H,2,7H2. The van der Waals surface area contributed by atoms with Gasteiger partial charge in [-0.3, -0.25) is 4.98 Å². The number of esters is 1. The summed E-state index contributed by atoms with van der Waals surface area (Å²) in [5.41, 5.74) is 2.03. The number of benzene rings is 1. The van der Waals surface area contributed by atoms with Crippen molar-refractivity contribution in [3.63, 3.8) is 0 Å². The minimum atomic E-state index is -0.426. The fraction of sp³-hybridized carbons (Fsp3) is 0.118. The van der Waals surface area contributed by atoms with Crippen LogP contribution in [0.5, 0.6) is 5.75 Å². The molecule has 116 valence electrons. The topological polar surface area (TPSA) is 68.3 Å². The molecule has 0 saturated carbocycles. The van der Waals surface area contributed by atoms with E-state index in [0.717, 1.165) is 22.2 Å². The van der Waals surface area contributed by atoms with E-state index in [2.05, 4.69) is 10.3 Å². The predicted molar refractivity (Wildman–Crippen MR) is 90.2 cm³/mol. The number of aromatic nitrogens is 1. The second-order valence-electron chi connectivity index (χ2n) is 4.80. The van der Waals surface area contributed by atoms with Crippen molar-refractivity contribution in [2.45, 2.75) is 6.42 Å². The van der Waals surface area contributed by atoms with Gasteiger partial charge in [0.25, 0.3) is 0 Å². The SMILES string of the molecule is O=CCCNc1cccc(C(=O)Oc2ccnc3ccsc23)c1. The molecule has 3 aromatic rings. The van der Waals surface area contributed by atoms with E-state index in [4.69, 9.17) is 4.74 Å². The molecule has 0 aliphatic rings. The zero-order valence-electron chi connectivity index (χ0n) is 12.2. The number of thiophene rings is 1. The Bertz CT molecular complexity index is 844. The molecule has 0 radical (unpaired) electrons. The third kappa shape index (κ3) is 3.54. The lowest BCUT2D eigenvalue weighted by Crippen LogP contribution is -2.09. The summed E-state index contributed by atoms with van der Waals surface area (Å²) in [5, 5.41) is 4.99. The number of carbonyl (C=O) groups excluding carboxylic acids is 2. The number of hydrogen-bond donors (Lipinski definition) is 1. The van der Waals surface area contributed by atoms with E-state index < -0.39 is 5.97 Å². The van der Waals surface area contributed by atoms with Gasteiger partial charge in [-0.2, -0.15) is 0 Å². The van der Waals surface area contributed by atoms with Crippen molar-refractivity contribution < 1.29 is 14.3 Å². The number of rotatable bonds is 6. The summed E-state index contributed by atoms with van der Waals surface area (Å²) in [6.45, 7) is 0.530. The van der Waals surface area contributed by atoms with Gasteiger partial charge in [0.2, 0.25) is 0 Å². The number of fused-ring (bicyclic) bond motifs is 1. The molecule has 0 unspecified atom stereocenters. The molecule has 0 aliphatic heterocycles. The molecule has 1 N–H and O–H groups in total. The van der Waals surface area contributed by atoms with Gasteiger partial charge < -0.3 is 14.8 Å². The third-order valence-electron chi connectivity index (χ3n) is 3.20. The Morgan fingerprint density at radius 1 is 1.30 bits per heavy atom. The first-order valence-electron chi connectivity index (χ1n) is 7.10. The number of anilines is 1. The monoisotopic (exact) mass is 326 g/mol. The molecule has 5 nitrogen and oxygen atoms in total.